The standard InChI is InChI=1S/C16H20FN3S/c1-16(10-18)6-7-20(11-16)8-12-9-21-15(19-12)13-4-2-3-5-14(13)17/h2-5,9H,6-8,10-11,18H2,1H3. The number of thiazole rings is 1. The van der Waals surface area contributed by atoms with E-state index < -0.39 is 0 Å². The van der Waals surface area contributed by atoms with Crippen molar-refractivity contribution in [2.75, 3.05) is 19.6 Å². The van der Waals surface area contributed by atoms with Gasteiger partial charge >= 0.3 is 0 Å². The quantitative estimate of drug-likeness (QED) is 0.943. The summed E-state index contributed by atoms with van der Waals surface area (Å²) in [5.74, 6) is -0.213. The fraction of sp³-hybridized carbons (Fsp3) is 0.438. The highest BCUT2D eigenvalue weighted by atomic mass is 32.1. The van der Waals surface area contributed by atoms with E-state index >= 15 is 0 Å². The van der Waals surface area contributed by atoms with Crippen LogP contribution in [0.3, 0.4) is 0 Å². The number of hydrogen-bond donors (Lipinski definition) is 1. The van der Waals surface area contributed by atoms with E-state index in [2.05, 4.69) is 16.8 Å². The van der Waals surface area contributed by atoms with Crippen LogP contribution in [0.15, 0.2) is 29.6 Å². The van der Waals surface area contributed by atoms with Crippen LogP contribution in [0.25, 0.3) is 10.6 Å². The molecule has 2 N–H and O–H groups in total. The summed E-state index contributed by atoms with van der Waals surface area (Å²) in [4.78, 5) is 6.97. The Morgan fingerprint density at radius 1 is 1.43 bits per heavy atom. The predicted octanol–water partition coefficient (Wildman–Crippen LogP) is 3.12. The van der Waals surface area contributed by atoms with Crippen molar-refractivity contribution < 1.29 is 4.39 Å². The summed E-state index contributed by atoms with van der Waals surface area (Å²) in [6.45, 7) is 5.84. The van der Waals surface area contributed by atoms with Crippen LogP contribution in [0, 0.1) is 11.2 Å². The van der Waals surface area contributed by atoms with E-state index in [4.69, 9.17) is 5.73 Å². The molecule has 1 aromatic carbocycles. The average molecular weight is 305 g/mol. The van der Waals surface area contributed by atoms with Crippen LogP contribution in [-0.4, -0.2) is 29.5 Å². The summed E-state index contributed by atoms with van der Waals surface area (Å²) in [6, 6.07) is 6.79. The average Bonchev–Trinajstić information content (AvgIpc) is 3.08. The summed E-state index contributed by atoms with van der Waals surface area (Å²) in [7, 11) is 0. The largest absolute Gasteiger partial charge is 0.330 e. The molecule has 2 heterocycles. The Kier molecular flexibility index (Phi) is 4.06. The summed E-state index contributed by atoms with van der Waals surface area (Å²) in [5.41, 5.74) is 7.66. The van der Waals surface area contributed by atoms with Crippen molar-refractivity contribution in [1.82, 2.24) is 9.88 Å². The molecule has 5 heteroatoms. The molecule has 112 valence electrons. The Morgan fingerprint density at radius 3 is 2.95 bits per heavy atom. The van der Waals surface area contributed by atoms with Gasteiger partial charge in [0.25, 0.3) is 0 Å². The number of rotatable bonds is 4. The van der Waals surface area contributed by atoms with Crippen LogP contribution < -0.4 is 5.73 Å². The SMILES string of the molecule is CC1(CN)CCN(Cc2csc(-c3ccccc3F)n2)C1. The second kappa shape index (κ2) is 5.83. The van der Waals surface area contributed by atoms with Gasteiger partial charge in [0.2, 0.25) is 0 Å². The molecule has 21 heavy (non-hydrogen) atoms. The Bertz CT molecular complexity index is 627. The van der Waals surface area contributed by atoms with Crippen LogP contribution in [0.2, 0.25) is 0 Å². The molecule has 0 aliphatic carbocycles. The zero-order chi connectivity index (χ0) is 14.9. The van der Waals surface area contributed by atoms with Gasteiger partial charge in [0, 0.05) is 24.0 Å². The number of likely N-dealkylation sites (tertiary alicyclic amines) is 1. The summed E-state index contributed by atoms with van der Waals surface area (Å²) >= 11 is 1.50. The molecule has 0 amide bonds. The molecule has 0 spiro atoms. The summed E-state index contributed by atoms with van der Waals surface area (Å²) in [5, 5.41) is 2.78. The van der Waals surface area contributed by atoms with Crippen LogP contribution >= 0.6 is 11.3 Å². The van der Waals surface area contributed by atoms with Gasteiger partial charge in [-0.1, -0.05) is 19.1 Å². The first-order chi connectivity index (χ1) is 10.1. The van der Waals surface area contributed by atoms with Crippen molar-refractivity contribution in [3.8, 4) is 10.6 Å². The number of halogens is 1. The normalized spacial score (nSPS) is 22.8. The lowest BCUT2D eigenvalue weighted by molar-refractivity contribution is 0.272. The first-order valence-corrected chi connectivity index (χ1v) is 8.09. The molecule has 1 saturated heterocycles. The van der Waals surface area contributed by atoms with Gasteiger partial charge in [0.15, 0.2) is 0 Å². The van der Waals surface area contributed by atoms with Gasteiger partial charge in [0.1, 0.15) is 10.8 Å². The monoisotopic (exact) mass is 305 g/mol. The molecular formula is C16H20FN3S. The first kappa shape index (κ1) is 14.6. The molecule has 1 atom stereocenters. The van der Waals surface area contributed by atoms with Crippen molar-refractivity contribution >= 4 is 11.3 Å². The molecular weight excluding hydrogens is 285 g/mol. The van der Waals surface area contributed by atoms with E-state index in [0.717, 1.165) is 43.3 Å². The third-order valence-electron chi connectivity index (χ3n) is 4.17. The molecule has 2 aromatic rings. The van der Waals surface area contributed by atoms with Gasteiger partial charge in [-0.15, -0.1) is 11.3 Å². The Hall–Kier alpha value is -1.30. The first-order valence-electron chi connectivity index (χ1n) is 7.21. The lowest BCUT2D eigenvalue weighted by Gasteiger charge is -2.22. The molecule has 1 aromatic heterocycles. The van der Waals surface area contributed by atoms with E-state index in [0.29, 0.717) is 5.56 Å². The summed E-state index contributed by atoms with van der Waals surface area (Å²) < 4.78 is 13.8. The van der Waals surface area contributed by atoms with Gasteiger partial charge in [-0.3, -0.25) is 4.90 Å². The maximum absolute atomic E-state index is 13.8. The molecule has 3 nitrogen and oxygen atoms in total. The molecule has 3 rings (SSSR count). The fourth-order valence-electron chi connectivity index (χ4n) is 2.79. The van der Waals surface area contributed by atoms with Crippen molar-refractivity contribution in [2.24, 2.45) is 11.1 Å². The lowest BCUT2D eigenvalue weighted by atomic mass is 9.90. The lowest BCUT2D eigenvalue weighted by Crippen LogP contribution is -2.31. The van der Waals surface area contributed by atoms with E-state index in [9.17, 15) is 4.39 Å². The number of nitrogens with zero attached hydrogens (tertiary/aromatic N) is 2. The zero-order valence-electron chi connectivity index (χ0n) is 12.2. The van der Waals surface area contributed by atoms with Crippen molar-refractivity contribution in [1.29, 1.82) is 0 Å². The topological polar surface area (TPSA) is 42.1 Å². The van der Waals surface area contributed by atoms with Gasteiger partial charge in [-0.25, -0.2) is 9.37 Å². The molecule has 0 bridgehead atoms. The second-order valence-corrected chi connectivity index (χ2v) is 6.96. The van der Waals surface area contributed by atoms with E-state index in [1.165, 1.54) is 17.4 Å². The Labute approximate surface area is 128 Å². The zero-order valence-corrected chi connectivity index (χ0v) is 13.0. The van der Waals surface area contributed by atoms with Crippen molar-refractivity contribution in [3.05, 3.63) is 41.2 Å². The minimum absolute atomic E-state index is 0.213. The molecule has 0 radical (unpaired) electrons. The van der Waals surface area contributed by atoms with Gasteiger partial charge in [0.05, 0.1) is 5.69 Å². The third-order valence-corrected chi connectivity index (χ3v) is 5.10. The fourth-order valence-corrected chi connectivity index (χ4v) is 3.63. The van der Waals surface area contributed by atoms with Crippen LogP contribution in [-0.2, 0) is 6.54 Å². The highest BCUT2D eigenvalue weighted by Gasteiger charge is 2.32. The number of benzene rings is 1. The predicted molar refractivity (Wildman–Crippen MR) is 84.6 cm³/mol. The van der Waals surface area contributed by atoms with Crippen molar-refractivity contribution in [2.45, 2.75) is 19.9 Å². The Morgan fingerprint density at radius 2 is 2.24 bits per heavy atom. The second-order valence-electron chi connectivity index (χ2n) is 6.10. The van der Waals surface area contributed by atoms with Crippen LogP contribution in [0.4, 0.5) is 4.39 Å². The minimum Gasteiger partial charge on any atom is -0.330 e. The molecule has 1 aliphatic heterocycles. The van der Waals surface area contributed by atoms with Gasteiger partial charge in [-0.2, -0.15) is 0 Å². The number of aromatic nitrogens is 1. The Balaban J connectivity index is 1.71. The number of hydrogen-bond acceptors (Lipinski definition) is 4. The van der Waals surface area contributed by atoms with Crippen LogP contribution in [0.1, 0.15) is 19.0 Å². The highest BCUT2D eigenvalue weighted by Crippen LogP contribution is 2.31. The van der Waals surface area contributed by atoms with E-state index in [1.54, 1.807) is 12.1 Å². The highest BCUT2D eigenvalue weighted by molar-refractivity contribution is 7.13. The van der Waals surface area contributed by atoms with Crippen LogP contribution in [0.5, 0.6) is 0 Å². The van der Waals surface area contributed by atoms with E-state index in [-0.39, 0.29) is 11.2 Å². The van der Waals surface area contributed by atoms with Gasteiger partial charge in [-0.05, 0) is 37.1 Å². The van der Waals surface area contributed by atoms with Crippen molar-refractivity contribution in [3.63, 3.8) is 0 Å². The number of nitrogens with two attached hydrogens (primary N) is 1. The summed E-state index contributed by atoms with van der Waals surface area (Å²) in [6.07, 6.45) is 1.13. The maximum Gasteiger partial charge on any atom is 0.133 e. The molecule has 0 saturated carbocycles. The van der Waals surface area contributed by atoms with Gasteiger partial charge < -0.3 is 5.73 Å². The minimum atomic E-state index is -0.213. The molecule has 1 aliphatic rings. The smallest absolute Gasteiger partial charge is 0.133 e. The third kappa shape index (κ3) is 3.15. The molecule has 1 unspecified atom stereocenters. The maximum atomic E-state index is 13.8. The van der Waals surface area contributed by atoms with E-state index in [1.807, 2.05) is 11.4 Å². The molecule has 1 fully saturated rings.